The third-order valence-corrected chi connectivity index (χ3v) is 2.71. The van der Waals surface area contributed by atoms with E-state index in [1.165, 1.54) is 6.42 Å². The predicted octanol–water partition coefficient (Wildman–Crippen LogP) is 2.95. The van der Waals surface area contributed by atoms with Gasteiger partial charge in [0.1, 0.15) is 5.75 Å². The third kappa shape index (κ3) is 3.40. The van der Waals surface area contributed by atoms with Crippen LogP contribution in [0.3, 0.4) is 0 Å². The molecule has 1 fully saturated rings. The summed E-state index contributed by atoms with van der Waals surface area (Å²) in [7, 11) is 0. The van der Waals surface area contributed by atoms with Gasteiger partial charge in [-0.25, -0.2) is 0 Å². The maximum atomic E-state index is 5.75. The van der Waals surface area contributed by atoms with Gasteiger partial charge in [0.2, 0.25) is 0 Å². The van der Waals surface area contributed by atoms with Crippen LogP contribution >= 0.6 is 11.6 Å². The molecule has 81 valence electrons. The van der Waals surface area contributed by atoms with Crippen LogP contribution in [0, 0.1) is 12.0 Å². The first-order valence-electron chi connectivity index (χ1n) is 5.22. The Labute approximate surface area is 95.1 Å². The maximum absolute atomic E-state index is 5.75. The van der Waals surface area contributed by atoms with Crippen LogP contribution in [0.5, 0.6) is 5.75 Å². The van der Waals surface area contributed by atoms with Crippen molar-refractivity contribution in [3.8, 4) is 5.75 Å². The molecule has 0 N–H and O–H groups in total. The molecule has 15 heavy (non-hydrogen) atoms. The second kappa shape index (κ2) is 5.38. The van der Waals surface area contributed by atoms with Gasteiger partial charge in [0.25, 0.3) is 0 Å². The lowest BCUT2D eigenvalue weighted by atomic mass is 10.0. The topological polar surface area (TPSA) is 18.5 Å². The summed E-state index contributed by atoms with van der Waals surface area (Å²) in [6.45, 7) is 2.41. The summed E-state index contributed by atoms with van der Waals surface area (Å²) in [6.07, 6.45) is 2.33. The fourth-order valence-electron chi connectivity index (χ4n) is 1.63. The van der Waals surface area contributed by atoms with Gasteiger partial charge in [0.15, 0.2) is 0 Å². The van der Waals surface area contributed by atoms with Crippen LogP contribution in [0.2, 0.25) is 5.02 Å². The van der Waals surface area contributed by atoms with Crippen LogP contribution in [-0.4, -0.2) is 19.8 Å². The summed E-state index contributed by atoms with van der Waals surface area (Å²) in [5.41, 5.74) is 0. The number of benzene rings is 1. The predicted molar refractivity (Wildman–Crippen MR) is 59.3 cm³/mol. The Morgan fingerprint density at radius 3 is 3.13 bits per heavy atom. The minimum absolute atomic E-state index is 0.517. The second-order valence-electron chi connectivity index (χ2n) is 3.77. The fourth-order valence-corrected chi connectivity index (χ4v) is 1.75. The van der Waals surface area contributed by atoms with E-state index >= 15 is 0 Å². The molecule has 1 atom stereocenters. The summed E-state index contributed by atoms with van der Waals surface area (Å²) in [4.78, 5) is 0. The zero-order valence-electron chi connectivity index (χ0n) is 8.54. The summed E-state index contributed by atoms with van der Waals surface area (Å²) < 4.78 is 11.0. The van der Waals surface area contributed by atoms with Crippen molar-refractivity contribution < 1.29 is 9.47 Å². The number of rotatable bonds is 3. The van der Waals surface area contributed by atoms with Crippen molar-refractivity contribution in [2.75, 3.05) is 19.8 Å². The van der Waals surface area contributed by atoms with Gasteiger partial charge in [-0.05, 0) is 31.0 Å². The lowest BCUT2D eigenvalue weighted by Gasteiger charge is -2.21. The minimum atomic E-state index is 0.517. The Morgan fingerprint density at radius 1 is 1.53 bits per heavy atom. The molecule has 1 radical (unpaired) electrons. The minimum Gasteiger partial charge on any atom is -0.493 e. The molecule has 1 unspecified atom stereocenters. The molecular formula is C12H14ClO2. The van der Waals surface area contributed by atoms with Crippen LogP contribution in [-0.2, 0) is 4.74 Å². The summed E-state index contributed by atoms with van der Waals surface area (Å²) in [5.74, 6) is 1.27. The molecule has 0 saturated carbocycles. The van der Waals surface area contributed by atoms with Crippen molar-refractivity contribution in [3.05, 3.63) is 29.3 Å². The SMILES string of the molecule is Clc1c[c]c(OCC2CCCOC2)cc1. The number of ether oxygens (including phenoxy) is 2. The van der Waals surface area contributed by atoms with E-state index in [-0.39, 0.29) is 0 Å². The largest absolute Gasteiger partial charge is 0.493 e. The van der Waals surface area contributed by atoms with E-state index in [0.29, 0.717) is 17.5 Å². The first-order valence-corrected chi connectivity index (χ1v) is 5.60. The highest BCUT2D eigenvalue weighted by molar-refractivity contribution is 6.30. The Morgan fingerprint density at radius 2 is 2.47 bits per heavy atom. The Bertz CT molecular complexity index is 291. The molecule has 3 heteroatoms. The monoisotopic (exact) mass is 225 g/mol. The van der Waals surface area contributed by atoms with Crippen molar-refractivity contribution in [2.45, 2.75) is 12.8 Å². The zero-order chi connectivity index (χ0) is 10.5. The lowest BCUT2D eigenvalue weighted by molar-refractivity contribution is 0.0351. The highest BCUT2D eigenvalue weighted by Crippen LogP contribution is 2.18. The fraction of sp³-hybridized carbons (Fsp3) is 0.500. The second-order valence-corrected chi connectivity index (χ2v) is 4.20. The van der Waals surface area contributed by atoms with Gasteiger partial charge in [-0.2, -0.15) is 0 Å². The number of hydrogen-bond acceptors (Lipinski definition) is 2. The van der Waals surface area contributed by atoms with E-state index in [0.717, 1.165) is 25.4 Å². The van der Waals surface area contributed by atoms with Crippen molar-refractivity contribution in [1.82, 2.24) is 0 Å². The number of hydrogen-bond donors (Lipinski definition) is 0. The molecule has 1 aliphatic rings. The van der Waals surface area contributed by atoms with Crippen LogP contribution < -0.4 is 4.74 Å². The molecule has 1 heterocycles. The van der Waals surface area contributed by atoms with Crippen LogP contribution in [0.1, 0.15) is 12.8 Å². The molecule has 1 aromatic carbocycles. The van der Waals surface area contributed by atoms with Gasteiger partial charge in [-0.15, -0.1) is 0 Å². The average Bonchev–Trinajstić information content (AvgIpc) is 2.30. The van der Waals surface area contributed by atoms with Crippen molar-refractivity contribution in [2.24, 2.45) is 5.92 Å². The maximum Gasteiger partial charge on any atom is 0.127 e. The quantitative estimate of drug-likeness (QED) is 0.788. The molecule has 2 nitrogen and oxygen atoms in total. The van der Waals surface area contributed by atoms with E-state index in [4.69, 9.17) is 21.1 Å². The molecule has 1 saturated heterocycles. The highest BCUT2D eigenvalue weighted by atomic mass is 35.5. The van der Waals surface area contributed by atoms with Gasteiger partial charge >= 0.3 is 0 Å². The lowest BCUT2D eigenvalue weighted by Crippen LogP contribution is -2.23. The first kappa shape index (κ1) is 10.8. The van der Waals surface area contributed by atoms with E-state index in [9.17, 15) is 0 Å². The molecule has 0 bridgehead atoms. The Balaban J connectivity index is 1.79. The highest BCUT2D eigenvalue weighted by Gasteiger charge is 2.14. The zero-order valence-corrected chi connectivity index (χ0v) is 9.30. The Kier molecular flexibility index (Phi) is 3.87. The first-order chi connectivity index (χ1) is 7.34. The summed E-state index contributed by atoms with van der Waals surface area (Å²) >= 11 is 5.75. The van der Waals surface area contributed by atoms with E-state index < -0.39 is 0 Å². The van der Waals surface area contributed by atoms with Crippen molar-refractivity contribution in [3.63, 3.8) is 0 Å². The average molecular weight is 226 g/mol. The summed E-state index contributed by atoms with van der Waals surface area (Å²) in [5, 5.41) is 0.684. The normalized spacial score (nSPS) is 21.3. The van der Waals surface area contributed by atoms with Gasteiger partial charge in [-0.1, -0.05) is 11.6 Å². The van der Waals surface area contributed by atoms with Gasteiger partial charge < -0.3 is 9.47 Å². The molecular weight excluding hydrogens is 212 g/mol. The molecule has 0 aliphatic carbocycles. The van der Waals surface area contributed by atoms with Crippen LogP contribution in [0.4, 0.5) is 0 Å². The standard InChI is InChI=1S/C12H14ClO2/c13-11-3-5-12(6-4-11)15-9-10-2-1-7-14-8-10/h3-5,10H,1-2,7-9H2. The summed E-state index contributed by atoms with van der Waals surface area (Å²) in [6, 6.07) is 8.35. The van der Waals surface area contributed by atoms with Crippen molar-refractivity contribution in [1.29, 1.82) is 0 Å². The van der Waals surface area contributed by atoms with Crippen molar-refractivity contribution >= 4 is 11.6 Å². The molecule has 1 aromatic rings. The molecule has 0 aromatic heterocycles. The molecule has 0 amide bonds. The molecule has 1 aliphatic heterocycles. The molecule has 0 spiro atoms. The number of halogens is 1. The van der Waals surface area contributed by atoms with E-state index in [1.54, 1.807) is 6.07 Å². The van der Waals surface area contributed by atoms with Gasteiger partial charge in [-0.3, -0.25) is 0 Å². The van der Waals surface area contributed by atoms with Crippen LogP contribution in [0.25, 0.3) is 0 Å². The van der Waals surface area contributed by atoms with Crippen LogP contribution in [0.15, 0.2) is 18.2 Å². The van der Waals surface area contributed by atoms with Gasteiger partial charge in [0, 0.05) is 23.6 Å². The van der Waals surface area contributed by atoms with E-state index in [2.05, 4.69) is 6.07 Å². The van der Waals surface area contributed by atoms with Gasteiger partial charge in [0.05, 0.1) is 13.2 Å². The van der Waals surface area contributed by atoms with E-state index in [1.807, 2.05) is 12.1 Å². The Hall–Kier alpha value is -0.730. The smallest absolute Gasteiger partial charge is 0.127 e. The third-order valence-electron chi connectivity index (χ3n) is 2.48. The molecule has 2 rings (SSSR count).